The molecule has 0 bridgehead atoms. The molecular weight excluding hydrogens is 546 g/mol. The van der Waals surface area contributed by atoms with Crippen LogP contribution in [0.2, 0.25) is 0 Å². The molecule has 1 amide bonds. The van der Waals surface area contributed by atoms with Crippen LogP contribution in [0.4, 0.5) is 0 Å². The SMILES string of the molecule is C[C@]12CC[C@@H]3c4ccc(O)cc4CC[C@H]3[C@@H]1CC[C@@H]2OC(=O)CC(=O)NC(P(=O)([O-])O)P(=O)([O-])O.[Na+].[Na+]. The van der Waals surface area contributed by atoms with Gasteiger partial charge in [-0.15, -0.1) is 0 Å². The Kier molecular flexibility index (Phi) is 11.2. The van der Waals surface area contributed by atoms with Crippen molar-refractivity contribution in [3.8, 4) is 5.75 Å². The summed E-state index contributed by atoms with van der Waals surface area (Å²) < 4.78 is 28.0. The van der Waals surface area contributed by atoms with Crippen molar-refractivity contribution in [2.75, 3.05) is 0 Å². The molecule has 11 nitrogen and oxygen atoms in total. The first-order chi connectivity index (χ1) is 16.2. The summed E-state index contributed by atoms with van der Waals surface area (Å²) in [6, 6.07) is 5.55. The molecule has 2 unspecified atom stereocenters. The van der Waals surface area contributed by atoms with Crippen LogP contribution in [0.3, 0.4) is 0 Å². The van der Waals surface area contributed by atoms with Crippen molar-refractivity contribution >= 4 is 27.1 Å². The Morgan fingerprint density at radius 1 is 1.14 bits per heavy atom. The smallest absolute Gasteiger partial charge is 0.777 e. The topological polar surface area (TPSA) is 196 Å². The molecule has 0 aliphatic heterocycles. The van der Waals surface area contributed by atoms with Crippen molar-refractivity contribution in [2.45, 2.75) is 69.4 Å². The van der Waals surface area contributed by atoms with E-state index >= 15 is 0 Å². The maximum absolute atomic E-state index is 12.5. The molecule has 1 aromatic carbocycles. The summed E-state index contributed by atoms with van der Waals surface area (Å²) in [7, 11) is -11.3. The fourth-order valence-corrected chi connectivity index (χ4v) is 8.68. The van der Waals surface area contributed by atoms with E-state index in [-0.39, 0.29) is 70.3 Å². The molecule has 0 heterocycles. The summed E-state index contributed by atoms with van der Waals surface area (Å²) in [5.74, 6) is -0.911. The average Bonchev–Trinajstić information content (AvgIpc) is 3.06. The second kappa shape index (κ2) is 12.4. The normalized spacial score (nSPS) is 31.9. The van der Waals surface area contributed by atoms with Gasteiger partial charge in [-0.25, -0.2) is 0 Å². The Labute approximate surface area is 259 Å². The summed E-state index contributed by atoms with van der Waals surface area (Å²) in [6.07, 6.45) is 3.60. The molecule has 0 radical (unpaired) electrons. The van der Waals surface area contributed by atoms with Crippen molar-refractivity contribution in [1.29, 1.82) is 0 Å². The van der Waals surface area contributed by atoms with Gasteiger partial charge in [-0.2, -0.15) is 0 Å². The van der Waals surface area contributed by atoms with Crippen LogP contribution in [0, 0.1) is 17.3 Å². The van der Waals surface area contributed by atoms with E-state index in [9.17, 15) is 33.6 Å². The van der Waals surface area contributed by atoms with E-state index in [0.29, 0.717) is 24.2 Å². The summed E-state index contributed by atoms with van der Waals surface area (Å²) in [5.41, 5.74) is -0.784. The van der Waals surface area contributed by atoms with E-state index in [2.05, 4.69) is 6.92 Å². The predicted octanol–water partition coefficient (Wildman–Crippen LogP) is -4.95. The van der Waals surface area contributed by atoms with Crippen molar-refractivity contribution in [3.05, 3.63) is 29.3 Å². The van der Waals surface area contributed by atoms with Gasteiger partial charge in [0, 0.05) is 5.41 Å². The Morgan fingerprint density at radius 3 is 2.41 bits per heavy atom. The van der Waals surface area contributed by atoms with Gasteiger partial charge in [0.15, 0.2) is 20.7 Å². The van der Waals surface area contributed by atoms with Crippen LogP contribution >= 0.6 is 15.2 Å². The number of rotatable bonds is 6. The minimum Gasteiger partial charge on any atom is -0.777 e. The number of ether oxygens (including phenoxy) is 1. The molecule has 1 aromatic rings. The van der Waals surface area contributed by atoms with Crippen LogP contribution in [0.1, 0.15) is 62.5 Å². The number of benzene rings is 1. The number of carbonyl (C=O) groups excluding carboxylic acids is 2. The van der Waals surface area contributed by atoms with Crippen LogP contribution in [-0.2, 0) is 29.9 Å². The zero-order valence-corrected chi connectivity index (χ0v) is 27.0. The number of phenolic OH excluding ortho intramolecular Hbond substituents is 1. The van der Waals surface area contributed by atoms with Gasteiger partial charge in [0.2, 0.25) is 5.91 Å². The van der Waals surface area contributed by atoms with Crippen molar-refractivity contribution in [3.63, 3.8) is 0 Å². The number of amides is 1. The van der Waals surface area contributed by atoms with E-state index < -0.39 is 45.1 Å². The molecule has 3 aliphatic carbocycles. The third-order valence-corrected chi connectivity index (χ3v) is 11.4. The molecule has 4 rings (SSSR count). The monoisotopic (exact) mass is 575 g/mol. The molecule has 3 aliphatic rings. The van der Waals surface area contributed by atoms with Crippen LogP contribution < -0.4 is 74.2 Å². The third-order valence-electron chi connectivity index (χ3n) is 8.11. The molecule has 194 valence electrons. The zero-order chi connectivity index (χ0) is 25.8. The molecule has 0 spiro atoms. The molecule has 2 saturated carbocycles. The fraction of sp³-hybridized carbons (Fsp3) is 0.636. The molecule has 37 heavy (non-hydrogen) atoms. The molecule has 2 fully saturated rings. The van der Waals surface area contributed by atoms with Crippen LogP contribution in [0.15, 0.2) is 18.2 Å². The number of aryl methyl sites for hydroxylation is 1. The van der Waals surface area contributed by atoms with E-state index in [1.54, 1.807) is 6.07 Å². The van der Waals surface area contributed by atoms with E-state index in [1.807, 2.05) is 12.1 Å². The standard InChI is InChI=1S/C22H31NO10P2.2Na/c1-22-9-8-15-14-5-3-13(24)10-12(14)2-4-16(15)17(22)6-7-18(22)33-20(26)11-19(25)23-21(34(27,28)29)35(30,31)32;;/h3,5,10,15-18,21,24H,2,4,6-9,11H2,1H3,(H,23,25)(H2,27,28,29)(H2,30,31,32);;/q;2*+1/p-2/t15-,16-,17+,18+,22+;;/m1../s1. The van der Waals surface area contributed by atoms with Crippen molar-refractivity contribution in [1.82, 2.24) is 5.32 Å². The molecule has 0 saturated heterocycles. The molecule has 0 aromatic heterocycles. The quantitative estimate of drug-likeness (QED) is 0.110. The van der Waals surface area contributed by atoms with Crippen LogP contribution in [-0.4, -0.2) is 38.4 Å². The van der Waals surface area contributed by atoms with Gasteiger partial charge >= 0.3 is 65.1 Å². The van der Waals surface area contributed by atoms with Crippen LogP contribution in [0.25, 0.3) is 0 Å². The van der Waals surface area contributed by atoms with Gasteiger partial charge in [0.1, 0.15) is 18.3 Å². The summed E-state index contributed by atoms with van der Waals surface area (Å²) >= 11 is 0. The van der Waals surface area contributed by atoms with Gasteiger partial charge in [-0.3, -0.25) is 9.59 Å². The molecule has 4 N–H and O–H groups in total. The van der Waals surface area contributed by atoms with Gasteiger partial charge in [0.05, 0.1) is 0 Å². The number of aromatic hydroxyl groups is 1. The fourth-order valence-electron chi connectivity index (χ4n) is 6.59. The van der Waals surface area contributed by atoms with Crippen molar-refractivity contribution < 1.29 is 107 Å². The summed E-state index contributed by atoms with van der Waals surface area (Å²) in [5, 5.41) is 11.3. The Morgan fingerprint density at radius 2 is 1.78 bits per heavy atom. The summed E-state index contributed by atoms with van der Waals surface area (Å²) in [4.78, 5) is 64.9. The van der Waals surface area contributed by atoms with Gasteiger partial charge < -0.3 is 43.9 Å². The number of hydrogen-bond donors (Lipinski definition) is 4. The van der Waals surface area contributed by atoms with Crippen molar-refractivity contribution in [2.24, 2.45) is 17.3 Å². The number of carbonyl (C=O) groups is 2. The third kappa shape index (κ3) is 7.13. The number of phenols is 1. The largest absolute Gasteiger partial charge is 1.00 e. The summed E-state index contributed by atoms with van der Waals surface area (Å²) in [6.45, 7) is 2.08. The average molecular weight is 575 g/mol. The maximum atomic E-state index is 12.5. The number of esters is 1. The molecule has 7 atom stereocenters. The van der Waals surface area contributed by atoms with E-state index in [4.69, 9.17) is 14.5 Å². The molecular formula is C22H29NNa2O10P2. The van der Waals surface area contributed by atoms with Gasteiger partial charge in [-0.05, 0) is 79.5 Å². The number of fused-ring (bicyclic) bond motifs is 5. The minimum absolute atomic E-state index is 0. The second-order valence-electron chi connectivity index (χ2n) is 10.1. The van der Waals surface area contributed by atoms with Crippen LogP contribution in [0.5, 0.6) is 5.75 Å². The number of nitrogens with one attached hydrogen (secondary N) is 1. The van der Waals surface area contributed by atoms with E-state index in [1.165, 1.54) is 16.4 Å². The Balaban J connectivity index is 0.00000241. The van der Waals surface area contributed by atoms with E-state index in [0.717, 1.165) is 32.1 Å². The zero-order valence-electron chi connectivity index (χ0n) is 21.2. The van der Waals surface area contributed by atoms with Gasteiger partial charge in [0.25, 0.3) is 0 Å². The Hall–Kier alpha value is 0.260. The second-order valence-corrected chi connectivity index (χ2v) is 13.8. The number of hydrogen-bond acceptors (Lipinski definition) is 8. The first-order valence-electron chi connectivity index (χ1n) is 11.6. The van der Waals surface area contributed by atoms with Gasteiger partial charge in [-0.1, -0.05) is 13.0 Å². The molecule has 15 heteroatoms. The predicted molar refractivity (Wildman–Crippen MR) is 119 cm³/mol. The maximum Gasteiger partial charge on any atom is 1.00 e. The first kappa shape index (κ1) is 33.5. The minimum atomic E-state index is -5.67. The Bertz CT molecular complexity index is 1100. The first-order valence-corrected chi connectivity index (χ1v) is 14.9.